The third-order valence-corrected chi connectivity index (χ3v) is 4.69. The Morgan fingerprint density at radius 3 is 2.57 bits per heavy atom. The molecule has 2 rings (SSSR count). The van der Waals surface area contributed by atoms with Gasteiger partial charge in [0.15, 0.2) is 0 Å². The summed E-state index contributed by atoms with van der Waals surface area (Å²) in [5.41, 5.74) is 4.84. The number of anilines is 1. The van der Waals surface area contributed by atoms with Gasteiger partial charge >= 0.3 is 0 Å². The summed E-state index contributed by atoms with van der Waals surface area (Å²) >= 11 is 0. The Morgan fingerprint density at radius 2 is 1.87 bits per heavy atom. The Balaban J connectivity index is 2.07. The van der Waals surface area contributed by atoms with Crippen LogP contribution in [0.3, 0.4) is 0 Å². The van der Waals surface area contributed by atoms with Crippen LogP contribution in [0.25, 0.3) is 10.9 Å². The van der Waals surface area contributed by atoms with Gasteiger partial charge in [-0.2, -0.15) is 0 Å². The lowest BCUT2D eigenvalue weighted by Gasteiger charge is -2.22. The average Bonchev–Trinajstić information content (AvgIpc) is 2.54. The minimum Gasteiger partial charge on any atom is -0.382 e. The molecule has 1 aromatic heterocycles. The van der Waals surface area contributed by atoms with Gasteiger partial charge in [-0.1, -0.05) is 26.0 Å². The highest BCUT2D eigenvalue weighted by Crippen LogP contribution is 2.29. The lowest BCUT2D eigenvalue weighted by molar-refractivity contribution is 0.295. The Bertz CT molecular complexity index is 632. The number of aromatic nitrogens is 1. The molecule has 1 heterocycles. The van der Waals surface area contributed by atoms with Crippen molar-refractivity contribution in [2.24, 2.45) is 0 Å². The van der Waals surface area contributed by atoms with Crippen LogP contribution in [0.5, 0.6) is 0 Å². The van der Waals surface area contributed by atoms with Crippen LogP contribution in [0.15, 0.2) is 24.4 Å². The standard InChI is InChI=1S/C20H31N3/c1-6-23(7-2)13-9-11-17(5)22-20-16(4)14-21-18-12-8-10-15(3)19(18)20/h8,10,12,14,17H,6-7,9,11,13H2,1-5H3,(H,21,22)/t17-/m0/s1. The Kier molecular flexibility index (Phi) is 6.40. The second-order valence-electron chi connectivity index (χ2n) is 6.50. The molecule has 126 valence electrons. The van der Waals surface area contributed by atoms with Crippen LogP contribution in [-0.2, 0) is 0 Å². The first-order valence-corrected chi connectivity index (χ1v) is 8.90. The quantitative estimate of drug-likeness (QED) is 0.760. The van der Waals surface area contributed by atoms with E-state index in [9.17, 15) is 0 Å². The molecule has 0 amide bonds. The molecule has 0 aliphatic heterocycles. The summed E-state index contributed by atoms with van der Waals surface area (Å²) in [4.78, 5) is 7.06. The van der Waals surface area contributed by atoms with E-state index in [1.165, 1.54) is 41.6 Å². The van der Waals surface area contributed by atoms with E-state index in [-0.39, 0.29) is 0 Å². The number of nitrogens with one attached hydrogen (secondary N) is 1. The van der Waals surface area contributed by atoms with E-state index in [4.69, 9.17) is 0 Å². The number of benzene rings is 1. The Morgan fingerprint density at radius 1 is 1.13 bits per heavy atom. The molecule has 0 unspecified atom stereocenters. The van der Waals surface area contributed by atoms with Crippen LogP contribution in [0, 0.1) is 13.8 Å². The van der Waals surface area contributed by atoms with Crippen LogP contribution in [-0.4, -0.2) is 35.6 Å². The van der Waals surface area contributed by atoms with Gasteiger partial charge in [-0.3, -0.25) is 4.98 Å². The number of hydrogen-bond acceptors (Lipinski definition) is 3. The molecule has 1 aromatic carbocycles. The summed E-state index contributed by atoms with van der Waals surface area (Å²) in [5.74, 6) is 0. The van der Waals surface area contributed by atoms with Gasteiger partial charge in [0.2, 0.25) is 0 Å². The van der Waals surface area contributed by atoms with Crippen molar-refractivity contribution in [1.82, 2.24) is 9.88 Å². The molecule has 1 atom stereocenters. The molecule has 0 spiro atoms. The SMILES string of the molecule is CCN(CC)CCC[C@H](C)Nc1c(C)cnc2cccc(C)c12. The number of aryl methyl sites for hydroxylation is 2. The summed E-state index contributed by atoms with van der Waals surface area (Å²) in [7, 11) is 0. The van der Waals surface area contributed by atoms with Gasteiger partial charge in [0.25, 0.3) is 0 Å². The summed E-state index contributed by atoms with van der Waals surface area (Å²) in [6.45, 7) is 14.5. The van der Waals surface area contributed by atoms with Gasteiger partial charge in [-0.05, 0) is 70.4 Å². The van der Waals surface area contributed by atoms with Crippen LogP contribution in [0.4, 0.5) is 5.69 Å². The molecule has 0 bridgehead atoms. The molecule has 0 saturated carbocycles. The van der Waals surface area contributed by atoms with Crippen LogP contribution < -0.4 is 5.32 Å². The monoisotopic (exact) mass is 313 g/mol. The maximum atomic E-state index is 4.57. The third kappa shape index (κ3) is 4.44. The minimum atomic E-state index is 0.467. The molecular weight excluding hydrogens is 282 g/mol. The molecule has 3 heteroatoms. The largest absolute Gasteiger partial charge is 0.382 e. The molecule has 1 N–H and O–H groups in total. The van der Waals surface area contributed by atoms with Crippen molar-refractivity contribution in [3.05, 3.63) is 35.5 Å². The highest BCUT2D eigenvalue weighted by atomic mass is 15.1. The van der Waals surface area contributed by atoms with Crippen LogP contribution in [0.1, 0.15) is 44.7 Å². The highest BCUT2D eigenvalue weighted by molar-refractivity contribution is 5.95. The van der Waals surface area contributed by atoms with Gasteiger partial charge in [-0.25, -0.2) is 0 Å². The van der Waals surface area contributed by atoms with E-state index in [0.717, 1.165) is 18.6 Å². The normalized spacial score (nSPS) is 12.8. The predicted octanol–water partition coefficient (Wildman–Crippen LogP) is 4.77. The smallest absolute Gasteiger partial charge is 0.0725 e. The fourth-order valence-electron chi connectivity index (χ4n) is 3.18. The number of nitrogens with zero attached hydrogens (tertiary/aromatic N) is 2. The zero-order valence-electron chi connectivity index (χ0n) is 15.3. The van der Waals surface area contributed by atoms with E-state index >= 15 is 0 Å². The lowest BCUT2D eigenvalue weighted by atomic mass is 10.0. The van der Waals surface area contributed by atoms with Gasteiger partial charge < -0.3 is 10.2 Å². The Labute approximate surface area is 141 Å². The third-order valence-electron chi connectivity index (χ3n) is 4.69. The van der Waals surface area contributed by atoms with E-state index < -0.39 is 0 Å². The first-order valence-electron chi connectivity index (χ1n) is 8.90. The van der Waals surface area contributed by atoms with Gasteiger partial charge in [0.1, 0.15) is 0 Å². The van der Waals surface area contributed by atoms with Crippen molar-refractivity contribution < 1.29 is 0 Å². The van der Waals surface area contributed by atoms with Gasteiger partial charge in [0, 0.05) is 23.3 Å². The fraction of sp³-hybridized carbons (Fsp3) is 0.550. The molecule has 0 fully saturated rings. The van der Waals surface area contributed by atoms with Crippen molar-refractivity contribution in [1.29, 1.82) is 0 Å². The van der Waals surface area contributed by atoms with Crippen LogP contribution >= 0.6 is 0 Å². The molecule has 2 aromatic rings. The molecule has 0 saturated heterocycles. The van der Waals surface area contributed by atoms with Crippen molar-refractivity contribution >= 4 is 16.6 Å². The highest BCUT2D eigenvalue weighted by Gasteiger charge is 2.11. The minimum absolute atomic E-state index is 0.467. The maximum absolute atomic E-state index is 4.57. The zero-order chi connectivity index (χ0) is 16.8. The predicted molar refractivity (Wildman–Crippen MR) is 101 cm³/mol. The number of fused-ring (bicyclic) bond motifs is 1. The first kappa shape index (κ1) is 17.7. The van der Waals surface area contributed by atoms with Gasteiger partial charge in [0.05, 0.1) is 5.52 Å². The Hall–Kier alpha value is -1.61. The first-order chi connectivity index (χ1) is 11.1. The fourth-order valence-corrected chi connectivity index (χ4v) is 3.18. The van der Waals surface area contributed by atoms with E-state index in [0.29, 0.717) is 6.04 Å². The summed E-state index contributed by atoms with van der Waals surface area (Å²) in [5, 5.41) is 5.01. The molecule has 0 radical (unpaired) electrons. The topological polar surface area (TPSA) is 28.2 Å². The van der Waals surface area contributed by atoms with Crippen molar-refractivity contribution in [2.45, 2.75) is 53.5 Å². The molecule has 3 nitrogen and oxygen atoms in total. The van der Waals surface area contributed by atoms with Crippen molar-refractivity contribution in [3.63, 3.8) is 0 Å². The molecular formula is C20H31N3. The number of pyridine rings is 1. The van der Waals surface area contributed by atoms with Crippen molar-refractivity contribution in [2.75, 3.05) is 25.0 Å². The zero-order valence-corrected chi connectivity index (χ0v) is 15.3. The average molecular weight is 313 g/mol. The number of rotatable bonds is 8. The van der Waals surface area contributed by atoms with Crippen molar-refractivity contribution in [3.8, 4) is 0 Å². The van der Waals surface area contributed by atoms with E-state index in [1.807, 2.05) is 6.20 Å². The molecule has 0 aliphatic carbocycles. The lowest BCUT2D eigenvalue weighted by Crippen LogP contribution is -2.25. The van der Waals surface area contributed by atoms with E-state index in [2.05, 4.69) is 68.0 Å². The number of hydrogen-bond donors (Lipinski definition) is 1. The molecule has 0 aliphatic rings. The van der Waals surface area contributed by atoms with E-state index in [1.54, 1.807) is 0 Å². The summed E-state index contributed by atoms with van der Waals surface area (Å²) in [6.07, 6.45) is 4.40. The summed E-state index contributed by atoms with van der Waals surface area (Å²) in [6, 6.07) is 6.81. The van der Waals surface area contributed by atoms with Crippen LogP contribution in [0.2, 0.25) is 0 Å². The second kappa shape index (κ2) is 8.30. The van der Waals surface area contributed by atoms with Gasteiger partial charge in [-0.15, -0.1) is 0 Å². The summed E-state index contributed by atoms with van der Waals surface area (Å²) < 4.78 is 0. The second-order valence-corrected chi connectivity index (χ2v) is 6.50. The molecule has 23 heavy (non-hydrogen) atoms. The maximum Gasteiger partial charge on any atom is 0.0725 e.